The molecule has 0 bridgehead atoms. The lowest BCUT2D eigenvalue weighted by molar-refractivity contribution is 0.0958. The van der Waals surface area contributed by atoms with Gasteiger partial charge in [0, 0.05) is 39.4 Å². The minimum atomic E-state index is -0.130. The van der Waals surface area contributed by atoms with Gasteiger partial charge in [-0.05, 0) is 12.1 Å². The average molecular weight is 220 g/mol. The van der Waals surface area contributed by atoms with Crippen molar-refractivity contribution in [3.05, 3.63) is 24.0 Å². The third-order valence-corrected chi connectivity index (χ3v) is 2.69. The quantitative estimate of drug-likeness (QED) is 0.728. The third-order valence-electron chi connectivity index (χ3n) is 2.69. The molecule has 5 heteroatoms. The van der Waals surface area contributed by atoms with E-state index in [0.29, 0.717) is 5.69 Å². The molecule has 0 saturated carbocycles. The monoisotopic (exact) mass is 220 g/mol. The van der Waals surface area contributed by atoms with E-state index in [1.807, 2.05) is 12.1 Å². The number of pyridine rings is 1. The number of rotatable bonds is 2. The van der Waals surface area contributed by atoms with Crippen molar-refractivity contribution in [2.45, 2.75) is 0 Å². The molecule has 0 aliphatic carbocycles. The Balaban J connectivity index is 2.28. The first-order valence-electron chi connectivity index (χ1n) is 5.45. The Bertz CT molecular complexity index is 374. The minimum absolute atomic E-state index is 0.130. The topological polar surface area (TPSA) is 57.3 Å². The molecule has 0 aromatic carbocycles. The minimum Gasteiger partial charge on any atom is -0.367 e. The largest absolute Gasteiger partial charge is 0.367 e. The highest BCUT2D eigenvalue weighted by molar-refractivity contribution is 5.97. The Hall–Kier alpha value is -1.62. The van der Waals surface area contributed by atoms with Crippen molar-refractivity contribution < 1.29 is 4.79 Å². The SMILES string of the molecule is CNC(=O)c1ncccc1N1CCNCC1. The maximum absolute atomic E-state index is 11.7. The average Bonchev–Trinajstić information content (AvgIpc) is 2.39. The summed E-state index contributed by atoms with van der Waals surface area (Å²) in [6.45, 7) is 3.72. The molecule has 0 radical (unpaired) electrons. The molecule has 5 nitrogen and oxygen atoms in total. The van der Waals surface area contributed by atoms with E-state index in [4.69, 9.17) is 0 Å². The van der Waals surface area contributed by atoms with Crippen LogP contribution in [-0.4, -0.2) is 44.1 Å². The van der Waals surface area contributed by atoms with E-state index >= 15 is 0 Å². The summed E-state index contributed by atoms with van der Waals surface area (Å²) < 4.78 is 0. The Labute approximate surface area is 94.9 Å². The number of carbonyl (C=O) groups is 1. The maximum Gasteiger partial charge on any atom is 0.271 e. The highest BCUT2D eigenvalue weighted by Gasteiger charge is 2.18. The summed E-state index contributed by atoms with van der Waals surface area (Å²) >= 11 is 0. The maximum atomic E-state index is 11.7. The van der Waals surface area contributed by atoms with E-state index in [1.165, 1.54) is 0 Å². The number of hydrogen-bond donors (Lipinski definition) is 2. The molecular weight excluding hydrogens is 204 g/mol. The van der Waals surface area contributed by atoms with Crippen molar-refractivity contribution in [2.24, 2.45) is 0 Å². The Morgan fingerprint density at radius 3 is 2.94 bits per heavy atom. The van der Waals surface area contributed by atoms with Gasteiger partial charge < -0.3 is 15.5 Å². The summed E-state index contributed by atoms with van der Waals surface area (Å²) in [6.07, 6.45) is 1.65. The Morgan fingerprint density at radius 1 is 1.50 bits per heavy atom. The molecular formula is C11H16N4O. The summed E-state index contributed by atoms with van der Waals surface area (Å²) in [4.78, 5) is 18.0. The second kappa shape index (κ2) is 4.94. The van der Waals surface area contributed by atoms with Gasteiger partial charge >= 0.3 is 0 Å². The van der Waals surface area contributed by atoms with E-state index in [9.17, 15) is 4.79 Å². The number of amides is 1. The van der Waals surface area contributed by atoms with Gasteiger partial charge in [-0.3, -0.25) is 4.79 Å². The molecule has 1 saturated heterocycles. The van der Waals surface area contributed by atoms with Crippen LogP contribution in [0.4, 0.5) is 5.69 Å². The molecule has 2 heterocycles. The summed E-state index contributed by atoms with van der Waals surface area (Å²) in [6, 6.07) is 3.81. The van der Waals surface area contributed by atoms with Crippen LogP contribution < -0.4 is 15.5 Å². The number of anilines is 1. The molecule has 1 aromatic heterocycles. The van der Waals surface area contributed by atoms with Crippen LogP contribution in [0, 0.1) is 0 Å². The van der Waals surface area contributed by atoms with E-state index in [-0.39, 0.29) is 5.91 Å². The highest BCUT2D eigenvalue weighted by Crippen LogP contribution is 2.18. The van der Waals surface area contributed by atoms with E-state index in [1.54, 1.807) is 13.2 Å². The van der Waals surface area contributed by atoms with Gasteiger partial charge in [0.2, 0.25) is 0 Å². The standard InChI is InChI=1S/C11H16N4O/c1-12-11(16)10-9(3-2-4-14-10)15-7-5-13-6-8-15/h2-4,13H,5-8H2,1H3,(H,12,16). The van der Waals surface area contributed by atoms with Gasteiger partial charge in [0.05, 0.1) is 5.69 Å². The molecule has 0 unspecified atom stereocenters. The van der Waals surface area contributed by atoms with Crippen LogP contribution in [0.5, 0.6) is 0 Å². The highest BCUT2D eigenvalue weighted by atomic mass is 16.1. The van der Waals surface area contributed by atoms with Gasteiger partial charge in [-0.15, -0.1) is 0 Å². The number of carbonyl (C=O) groups excluding carboxylic acids is 1. The van der Waals surface area contributed by atoms with Crippen LogP contribution in [0.15, 0.2) is 18.3 Å². The van der Waals surface area contributed by atoms with Crippen LogP contribution in [0.2, 0.25) is 0 Å². The van der Waals surface area contributed by atoms with Crippen LogP contribution >= 0.6 is 0 Å². The first-order chi connectivity index (χ1) is 7.83. The first kappa shape index (κ1) is 10.9. The predicted molar refractivity (Wildman–Crippen MR) is 62.7 cm³/mol. The van der Waals surface area contributed by atoms with Crippen molar-refractivity contribution in [1.29, 1.82) is 0 Å². The van der Waals surface area contributed by atoms with E-state index in [2.05, 4.69) is 20.5 Å². The molecule has 0 atom stereocenters. The van der Waals surface area contributed by atoms with Crippen LogP contribution in [0.25, 0.3) is 0 Å². The zero-order valence-electron chi connectivity index (χ0n) is 9.36. The van der Waals surface area contributed by atoms with Crippen LogP contribution in [0.1, 0.15) is 10.5 Å². The molecule has 16 heavy (non-hydrogen) atoms. The van der Waals surface area contributed by atoms with E-state index in [0.717, 1.165) is 31.9 Å². The molecule has 1 aliphatic rings. The third kappa shape index (κ3) is 2.14. The summed E-state index contributed by atoms with van der Waals surface area (Å²) in [7, 11) is 1.62. The van der Waals surface area contributed by atoms with Crippen molar-refractivity contribution in [3.63, 3.8) is 0 Å². The normalized spacial score (nSPS) is 15.9. The molecule has 1 amide bonds. The smallest absolute Gasteiger partial charge is 0.271 e. The van der Waals surface area contributed by atoms with Crippen molar-refractivity contribution in [2.75, 3.05) is 38.1 Å². The summed E-state index contributed by atoms with van der Waals surface area (Å²) in [5.74, 6) is -0.130. The number of aromatic nitrogens is 1. The Morgan fingerprint density at radius 2 is 2.25 bits per heavy atom. The molecule has 86 valence electrons. The molecule has 2 rings (SSSR count). The zero-order chi connectivity index (χ0) is 11.4. The van der Waals surface area contributed by atoms with Crippen LogP contribution in [-0.2, 0) is 0 Å². The summed E-state index contributed by atoms with van der Waals surface area (Å²) in [5.41, 5.74) is 1.43. The molecule has 1 aromatic rings. The summed E-state index contributed by atoms with van der Waals surface area (Å²) in [5, 5.41) is 5.90. The number of nitrogens with zero attached hydrogens (tertiary/aromatic N) is 2. The fourth-order valence-electron chi connectivity index (χ4n) is 1.85. The van der Waals surface area contributed by atoms with E-state index < -0.39 is 0 Å². The first-order valence-corrected chi connectivity index (χ1v) is 5.45. The molecule has 1 aliphatic heterocycles. The van der Waals surface area contributed by atoms with Crippen molar-refractivity contribution in [1.82, 2.24) is 15.6 Å². The molecule has 0 spiro atoms. The van der Waals surface area contributed by atoms with Gasteiger partial charge in [0.15, 0.2) is 5.69 Å². The second-order valence-electron chi connectivity index (χ2n) is 3.69. The lowest BCUT2D eigenvalue weighted by atomic mass is 10.2. The number of nitrogens with one attached hydrogen (secondary N) is 2. The fourth-order valence-corrected chi connectivity index (χ4v) is 1.85. The molecule has 2 N–H and O–H groups in total. The number of piperazine rings is 1. The number of hydrogen-bond acceptors (Lipinski definition) is 4. The van der Waals surface area contributed by atoms with Crippen LogP contribution in [0.3, 0.4) is 0 Å². The fraction of sp³-hybridized carbons (Fsp3) is 0.455. The molecule has 1 fully saturated rings. The van der Waals surface area contributed by atoms with Crippen molar-refractivity contribution in [3.8, 4) is 0 Å². The lowest BCUT2D eigenvalue weighted by Crippen LogP contribution is -2.44. The van der Waals surface area contributed by atoms with Gasteiger partial charge in [0.25, 0.3) is 5.91 Å². The van der Waals surface area contributed by atoms with Gasteiger partial charge in [-0.1, -0.05) is 0 Å². The lowest BCUT2D eigenvalue weighted by Gasteiger charge is -2.30. The van der Waals surface area contributed by atoms with Gasteiger partial charge in [-0.25, -0.2) is 4.98 Å². The van der Waals surface area contributed by atoms with Gasteiger partial charge in [-0.2, -0.15) is 0 Å². The second-order valence-corrected chi connectivity index (χ2v) is 3.69. The zero-order valence-corrected chi connectivity index (χ0v) is 9.36. The van der Waals surface area contributed by atoms with Crippen molar-refractivity contribution >= 4 is 11.6 Å². The predicted octanol–water partition coefficient (Wildman–Crippen LogP) is -0.149. The Kier molecular flexibility index (Phi) is 3.36. The van der Waals surface area contributed by atoms with Gasteiger partial charge in [0.1, 0.15) is 0 Å².